The van der Waals surface area contributed by atoms with Crippen LogP contribution in [0.4, 0.5) is 0 Å². The topological polar surface area (TPSA) is 25.4 Å². The third-order valence-electron chi connectivity index (χ3n) is 4.07. The number of ether oxygens (including phenoxy) is 1. The zero-order valence-corrected chi connectivity index (χ0v) is 16.0. The number of halogens is 3. The summed E-state index contributed by atoms with van der Waals surface area (Å²) >= 11 is 18.2. The Labute approximate surface area is 162 Å². The number of para-hydroxylation sites is 2. The molecule has 0 N–H and O–H groups in total. The van der Waals surface area contributed by atoms with Gasteiger partial charge in [0.05, 0.1) is 10.5 Å². The molecule has 0 saturated heterocycles. The van der Waals surface area contributed by atoms with Gasteiger partial charge in [-0.05, 0) is 12.1 Å². The third-order valence-corrected chi connectivity index (χ3v) is 4.82. The summed E-state index contributed by atoms with van der Waals surface area (Å²) in [6.45, 7) is 2.89. The van der Waals surface area contributed by atoms with Gasteiger partial charge in [-0.2, -0.15) is 0 Å². The number of hydrogen-bond acceptors (Lipinski definition) is 3. The first kappa shape index (κ1) is 18.5. The zero-order valence-electron chi connectivity index (χ0n) is 13.7. The Morgan fingerprint density at radius 3 is 2.36 bits per heavy atom. The van der Waals surface area contributed by atoms with Gasteiger partial charge in [0.15, 0.2) is 0 Å². The van der Waals surface area contributed by atoms with Crippen LogP contribution in [0.1, 0.15) is 0 Å². The van der Waals surface area contributed by atoms with Crippen molar-refractivity contribution in [2.75, 3.05) is 38.0 Å². The molecule has 0 saturated carbocycles. The fourth-order valence-corrected chi connectivity index (χ4v) is 3.60. The number of alkyl halides is 2. The first-order valence-electron chi connectivity index (χ1n) is 8.18. The lowest BCUT2D eigenvalue weighted by atomic mass is 10.1. The summed E-state index contributed by atoms with van der Waals surface area (Å²) in [5.74, 6) is 1.89. The van der Waals surface area contributed by atoms with E-state index in [0.717, 1.165) is 47.2 Å². The number of benzene rings is 2. The molecular weight excluding hydrogens is 379 g/mol. The highest BCUT2D eigenvalue weighted by atomic mass is 35.5. The first-order chi connectivity index (χ1) is 12.2. The van der Waals surface area contributed by atoms with E-state index in [1.807, 2.05) is 42.5 Å². The number of pyridine rings is 1. The number of fused-ring (bicyclic) bond motifs is 2. The largest absolute Gasteiger partial charge is 0.490 e. The molecule has 3 rings (SSSR count). The number of rotatable bonds is 8. The van der Waals surface area contributed by atoms with Crippen molar-refractivity contribution in [2.45, 2.75) is 0 Å². The van der Waals surface area contributed by atoms with E-state index in [9.17, 15) is 0 Å². The maximum atomic E-state index is 6.58. The van der Waals surface area contributed by atoms with E-state index >= 15 is 0 Å². The summed E-state index contributed by atoms with van der Waals surface area (Å²) in [5.41, 5.74) is 1.65. The molecule has 0 bridgehead atoms. The van der Waals surface area contributed by atoms with Gasteiger partial charge in [-0.25, -0.2) is 4.98 Å². The van der Waals surface area contributed by atoms with E-state index in [1.54, 1.807) is 0 Å². The fourth-order valence-electron chi connectivity index (χ4n) is 2.81. The molecule has 0 aliphatic rings. The van der Waals surface area contributed by atoms with Crippen LogP contribution < -0.4 is 4.74 Å². The minimum Gasteiger partial charge on any atom is -0.490 e. The monoisotopic (exact) mass is 396 g/mol. The number of aromatic nitrogens is 1. The molecule has 132 valence electrons. The van der Waals surface area contributed by atoms with Crippen LogP contribution in [0.25, 0.3) is 21.8 Å². The Balaban J connectivity index is 1.84. The normalized spacial score (nSPS) is 11.5. The second-order valence-electron chi connectivity index (χ2n) is 5.66. The van der Waals surface area contributed by atoms with Gasteiger partial charge < -0.3 is 4.74 Å². The lowest BCUT2D eigenvalue weighted by Gasteiger charge is -2.20. The zero-order chi connectivity index (χ0) is 17.6. The summed E-state index contributed by atoms with van der Waals surface area (Å²) in [6, 6.07) is 13.7. The van der Waals surface area contributed by atoms with Gasteiger partial charge in [0, 0.05) is 42.2 Å². The van der Waals surface area contributed by atoms with Gasteiger partial charge in [0.2, 0.25) is 0 Å². The van der Waals surface area contributed by atoms with E-state index in [0.29, 0.717) is 23.4 Å². The highest BCUT2D eigenvalue weighted by Crippen LogP contribution is 2.34. The van der Waals surface area contributed by atoms with Crippen molar-refractivity contribution >= 4 is 56.6 Å². The van der Waals surface area contributed by atoms with Crippen molar-refractivity contribution in [2.24, 2.45) is 0 Å². The van der Waals surface area contributed by atoms with E-state index in [-0.39, 0.29) is 0 Å². The summed E-state index contributed by atoms with van der Waals surface area (Å²) in [5, 5.41) is 2.55. The van der Waals surface area contributed by atoms with E-state index in [2.05, 4.69) is 4.90 Å². The molecule has 1 aromatic heterocycles. The Kier molecular flexibility index (Phi) is 6.60. The molecule has 1 heterocycles. The molecule has 6 heteroatoms. The maximum absolute atomic E-state index is 6.58. The summed E-state index contributed by atoms with van der Waals surface area (Å²) < 4.78 is 6.00. The van der Waals surface area contributed by atoms with Gasteiger partial charge in [-0.1, -0.05) is 41.9 Å². The molecule has 0 amide bonds. The van der Waals surface area contributed by atoms with Crippen LogP contribution in [0, 0.1) is 0 Å². The molecule has 0 unspecified atom stereocenters. The lowest BCUT2D eigenvalue weighted by molar-refractivity contribution is 0.226. The smallest absolute Gasteiger partial charge is 0.145 e. The van der Waals surface area contributed by atoms with Crippen LogP contribution in [0.3, 0.4) is 0 Å². The second kappa shape index (κ2) is 8.91. The molecule has 2 aromatic carbocycles. The van der Waals surface area contributed by atoms with Crippen LogP contribution in [0.5, 0.6) is 5.75 Å². The highest BCUT2D eigenvalue weighted by Gasteiger charge is 2.11. The quantitative estimate of drug-likeness (QED) is 0.386. The molecule has 0 aliphatic heterocycles. The van der Waals surface area contributed by atoms with Gasteiger partial charge >= 0.3 is 0 Å². The SMILES string of the molecule is ClCCN(CCCl)CCOc1cccc2c(Cl)c3ccccc3nc12. The third kappa shape index (κ3) is 4.29. The average molecular weight is 398 g/mol. The van der Waals surface area contributed by atoms with Crippen LogP contribution in [0.15, 0.2) is 42.5 Å². The Morgan fingerprint density at radius 2 is 1.60 bits per heavy atom. The Hall–Kier alpha value is -1.26. The Bertz CT molecular complexity index is 851. The number of hydrogen-bond donors (Lipinski definition) is 0. The molecule has 0 atom stereocenters. The minimum atomic E-state index is 0.541. The van der Waals surface area contributed by atoms with Crippen molar-refractivity contribution in [3.63, 3.8) is 0 Å². The first-order valence-corrected chi connectivity index (χ1v) is 9.63. The van der Waals surface area contributed by atoms with Gasteiger partial charge in [0.1, 0.15) is 17.9 Å². The predicted molar refractivity (Wildman–Crippen MR) is 108 cm³/mol. The molecule has 0 aliphatic carbocycles. The van der Waals surface area contributed by atoms with Crippen molar-refractivity contribution in [3.8, 4) is 5.75 Å². The van der Waals surface area contributed by atoms with Gasteiger partial charge in [-0.15, -0.1) is 23.2 Å². The fraction of sp³-hybridized carbons (Fsp3) is 0.316. The second-order valence-corrected chi connectivity index (χ2v) is 6.80. The van der Waals surface area contributed by atoms with Crippen LogP contribution >= 0.6 is 34.8 Å². The van der Waals surface area contributed by atoms with Crippen molar-refractivity contribution < 1.29 is 4.74 Å². The molecule has 3 nitrogen and oxygen atoms in total. The standard InChI is InChI=1S/C19H19Cl3N2O/c20-8-10-24(11-9-21)12-13-25-17-7-3-5-15-18(22)14-4-1-2-6-16(14)23-19(15)17/h1-7H,8-13H2. The van der Waals surface area contributed by atoms with E-state index in [4.69, 9.17) is 44.5 Å². The van der Waals surface area contributed by atoms with E-state index in [1.165, 1.54) is 0 Å². The van der Waals surface area contributed by atoms with Crippen LogP contribution in [-0.2, 0) is 0 Å². The molecule has 0 radical (unpaired) electrons. The average Bonchev–Trinajstić information content (AvgIpc) is 2.63. The molecule has 25 heavy (non-hydrogen) atoms. The van der Waals surface area contributed by atoms with Gasteiger partial charge in [0.25, 0.3) is 0 Å². The lowest BCUT2D eigenvalue weighted by Crippen LogP contribution is -2.32. The molecule has 0 spiro atoms. The van der Waals surface area contributed by atoms with Crippen molar-refractivity contribution in [1.82, 2.24) is 9.88 Å². The van der Waals surface area contributed by atoms with Crippen LogP contribution in [0.2, 0.25) is 5.02 Å². The predicted octanol–water partition coefficient (Wildman–Crippen LogP) is 5.20. The number of nitrogens with zero attached hydrogens (tertiary/aromatic N) is 2. The van der Waals surface area contributed by atoms with Crippen molar-refractivity contribution in [3.05, 3.63) is 47.5 Å². The highest BCUT2D eigenvalue weighted by molar-refractivity contribution is 6.40. The summed E-state index contributed by atoms with van der Waals surface area (Å²) in [4.78, 5) is 6.93. The Morgan fingerprint density at radius 1 is 0.880 bits per heavy atom. The molecule has 3 aromatic rings. The van der Waals surface area contributed by atoms with Crippen LogP contribution in [-0.4, -0.2) is 47.9 Å². The van der Waals surface area contributed by atoms with Crippen molar-refractivity contribution in [1.29, 1.82) is 0 Å². The molecule has 0 fully saturated rings. The summed E-state index contributed by atoms with van der Waals surface area (Å²) in [6.07, 6.45) is 0. The van der Waals surface area contributed by atoms with Gasteiger partial charge in [-0.3, -0.25) is 4.90 Å². The maximum Gasteiger partial charge on any atom is 0.145 e. The minimum absolute atomic E-state index is 0.541. The van der Waals surface area contributed by atoms with E-state index < -0.39 is 0 Å². The molecular formula is C19H19Cl3N2O. The summed E-state index contributed by atoms with van der Waals surface area (Å²) in [7, 11) is 0.